The van der Waals surface area contributed by atoms with Gasteiger partial charge in [0.2, 0.25) is 0 Å². The molecular weight excluding hydrogens is 176 g/mol. The first-order valence-electron chi connectivity index (χ1n) is 4.89. The fraction of sp³-hybridized carbons (Fsp3) is 0.545. The normalized spacial score (nSPS) is 12.8. The van der Waals surface area contributed by atoms with Crippen LogP contribution < -0.4 is 5.73 Å². The van der Waals surface area contributed by atoms with Gasteiger partial charge in [-0.1, -0.05) is 6.07 Å². The first-order valence-corrected chi connectivity index (χ1v) is 4.89. The lowest BCUT2D eigenvalue weighted by Crippen LogP contribution is -2.25. The first-order chi connectivity index (χ1) is 6.74. The summed E-state index contributed by atoms with van der Waals surface area (Å²) in [7, 11) is 1.69. The molecule has 1 heterocycles. The van der Waals surface area contributed by atoms with E-state index in [0.717, 1.165) is 18.5 Å². The van der Waals surface area contributed by atoms with Gasteiger partial charge >= 0.3 is 0 Å². The van der Waals surface area contributed by atoms with E-state index in [0.29, 0.717) is 6.61 Å². The van der Waals surface area contributed by atoms with Crippen molar-refractivity contribution in [2.75, 3.05) is 13.7 Å². The molecule has 0 radical (unpaired) electrons. The molecule has 1 rings (SSSR count). The van der Waals surface area contributed by atoms with Crippen molar-refractivity contribution in [3.63, 3.8) is 0 Å². The molecule has 2 N–H and O–H groups in total. The van der Waals surface area contributed by atoms with Crippen LogP contribution in [0.5, 0.6) is 0 Å². The van der Waals surface area contributed by atoms with Crippen LogP contribution in [0.15, 0.2) is 18.3 Å². The summed E-state index contributed by atoms with van der Waals surface area (Å²) in [5, 5.41) is 0. The van der Waals surface area contributed by atoms with Crippen LogP contribution in [-0.2, 0) is 11.2 Å². The fourth-order valence-electron chi connectivity index (χ4n) is 1.35. The van der Waals surface area contributed by atoms with Crippen molar-refractivity contribution in [3.05, 3.63) is 29.6 Å². The number of rotatable bonds is 5. The predicted octanol–water partition coefficient (Wildman–Crippen LogP) is 1.30. The maximum absolute atomic E-state index is 5.94. The second-order valence-electron chi connectivity index (χ2n) is 3.51. The van der Waals surface area contributed by atoms with Crippen molar-refractivity contribution in [1.29, 1.82) is 0 Å². The van der Waals surface area contributed by atoms with Crippen LogP contribution in [0.4, 0.5) is 0 Å². The van der Waals surface area contributed by atoms with Crippen LogP contribution >= 0.6 is 0 Å². The number of aromatic nitrogens is 1. The number of hydrogen-bond donors (Lipinski definition) is 1. The average molecular weight is 194 g/mol. The highest BCUT2D eigenvalue weighted by atomic mass is 16.5. The highest BCUT2D eigenvalue weighted by molar-refractivity contribution is 5.18. The minimum Gasteiger partial charge on any atom is -0.385 e. The summed E-state index contributed by atoms with van der Waals surface area (Å²) >= 11 is 0. The SMILES string of the molecule is COCCC(N)Cc1ncccc1C. The Morgan fingerprint density at radius 3 is 3.00 bits per heavy atom. The summed E-state index contributed by atoms with van der Waals surface area (Å²) in [6, 6.07) is 4.15. The molecule has 0 saturated carbocycles. The van der Waals surface area contributed by atoms with Crippen LogP contribution in [0.3, 0.4) is 0 Å². The van der Waals surface area contributed by atoms with Crippen LogP contribution in [0.1, 0.15) is 17.7 Å². The summed E-state index contributed by atoms with van der Waals surface area (Å²) in [4.78, 5) is 4.31. The molecule has 1 atom stereocenters. The van der Waals surface area contributed by atoms with Crippen molar-refractivity contribution in [1.82, 2.24) is 4.98 Å². The standard InChI is InChI=1S/C11H18N2O/c1-9-4-3-6-13-11(9)8-10(12)5-7-14-2/h3-4,6,10H,5,7-8,12H2,1-2H3. The van der Waals surface area contributed by atoms with Crippen molar-refractivity contribution in [2.45, 2.75) is 25.8 Å². The number of ether oxygens (including phenoxy) is 1. The molecule has 0 aromatic carbocycles. The van der Waals surface area contributed by atoms with E-state index in [1.54, 1.807) is 7.11 Å². The molecule has 0 amide bonds. The molecule has 3 heteroatoms. The lowest BCUT2D eigenvalue weighted by molar-refractivity contribution is 0.187. The molecule has 3 nitrogen and oxygen atoms in total. The molecule has 0 aliphatic carbocycles. The second-order valence-corrected chi connectivity index (χ2v) is 3.51. The second kappa shape index (κ2) is 5.73. The summed E-state index contributed by atoms with van der Waals surface area (Å²) in [6.45, 7) is 2.78. The van der Waals surface area contributed by atoms with E-state index in [4.69, 9.17) is 10.5 Å². The number of methoxy groups -OCH3 is 1. The molecule has 0 spiro atoms. The van der Waals surface area contributed by atoms with Crippen molar-refractivity contribution >= 4 is 0 Å². The fourth-order valence-corrected chi connectivity index (χ4v) is 1.35. The third-order valence-corrected chi connectivity index (χ3v) is 2.27. The van der Waals surface area contributed by atoms with Gasteiger partial charge in [0.1, 0.15) is 0 Å². The van der Waals surface area contributed by atoms with E-state index in [1.165, 1.54) is 5.56 Å². The van der Waals surface area contributed by atoms with Crippen LogP contribution in [0.2, 0.25) is 0 Å². The van der Waals surface area contributed by atoms with Gasteiger partial charge in [0.15, 0.2) is 0 Å². The van der Waals surface area contributed by atoms with Gasteiger partial charge in [0.25, 0.3) is 0 Å². The highest BCUT2D eigenvalue weighted by Gasteiger charge is 2.06. The molecule has 1 aromatic heterocycles. The zero-order valence-electron chi connectivity index (χ0n) is 8.86. The van der Waals surface area contributed by atoms with Crippen molar-refractivity contribution in [2.24, 2.45) is 5.73 Å². The third-order valence-electron chi connectivity index (χ3n) is 2.27. The Labute approximate surface area is 85.3 Å². The van der Waals surface area contributed by atoms with E-state index < -0.39 is 0 Å². The summed E-state index contributed by atoms with van der Waals surface area (Å²) in [5.41, 5.74) is 8.24. The van der Waals surface area contributed by atoms with Gasteiger partial charge in [-0.15, -0.1) is 0 Å². The first kappa shape index (κ1) is 11.1. The third kappa shape index (κ3) is 3.44. The Morgan fingerprint density at radius 1 is 1.57 bits per heavy atom. The van der Waals surface area contributed by atoms with Gasteiger partial charge in [-0.05, 0) is 25.0 Å². The molecule has 0 aliphatic heterocycles. The van der Waals surface area contributed by atoms with Crippen LogP contribution in [0, 0.1) is 6.92 Å². The lowest BCUT2D eigenvalue weighted by atomic mass is 10.1. The van der Waals surface area contributed by atoms with Gasteiger partial charge < -0.3 is 10.5 Å². The Hall–Kier alpha value is -0.930. The minimum absolute atomic E-state index is 0.142. The number of aryl methyl sites for hydroxylation is 1. The Balaban J connectivity index is 2.47. The summed E-state index contributed by atoms with van der Waals surface area (Å²) < 4.78 is 4.98. The van der Waals surface area contributed by atoms with Gasteiger partial charge in [-0.2, -0.15) is 0 Å². The molecule has 0 saturated heterocycles. The lowest BCUT2D eigenvalue weighted by Gasteiger charge is -2.11. The zero-order chi connectivity index (χ0) is 10.4. The molecular formula is C11H18N2O. The maximum atomic E-state index is 5.94. The van der Waals surface area contributed by atoms with E-state index in [2.05, 4.69) is 18.0 Å². The Bertz CT molecular complexity index is 276. The molecule has 0 fully saturated rings. The monoisotopic (exact) mass is 194 g/mol. The highest BCUT2D eigenvalue weighted by Crippen LogP contribution is 2.06. The molecule has 14 heavy (non-hydrogen) atoms. The van der Waals surface area contributed by atoms with Gasteiger partial charge in [-0.25, -0.2) is 0 Å². The molecule has 1 aromatic rings. The number of nitrogens with zero attached hydrogens (tertiary/aromatic N) is 1. The van der Waals surface area contributed by atoms with Gasteiger partial charge in [0.05, 0.1) is 0 Å². The zero-order valence-corrected chi connectivity index (χ0v) is 8.86. The maximum Gasteiger partial charge on any atom is 0.0477 e. The van der Waals surface area contributed by atoms with Crippen molar-refractivity contribution in [3.8, 4) is 0 Å². The van der Waals surface area contributed by atoms with E-state index in [1.807, 2.05) is 12.3 Å². The number of pyridine rings is 1. The molecule has 0 aliphatic rings. The Kier molecular flexibility index (Phi) is 4.56. The smallest absolute Gasteiger partial charge is 0.0477 e. The Morgan fingerprint density at radius 2 is 2.36 bits per heavy atom. The molecule has 0 bridgehead atoms. The molecule has 1 unspecified atom stereocenters. The van der Waals surface area contributed by atoms with Gasteiger partial charge in [-0.3, -0.25) is 4.98 Å². The van der Waals surface area contributed by atoms with E-state index in [9.17, 15) is 0 Å². The largest absolute Gasteiger partial charge is 0.385 e. The predicted molar refractivity (Wildman–Crippen MR) is 57.1 cm³/mol. The average Bonchev–Trinajstić information content (AvgIpc) is 2.18. The minimum atomic E-state index is 0.142. The number of hydrogen-bond acceptors (Lipinski definition) is 3. The number of nitrogens with two attached hydrogens (primary N) is 1. The quantitative estimate of drug-likeness (QED) is 0.768. The molecule has 78 valence electrons. The van der Waals surface area contributed by atoms with E-state index >= 15 is 0 Å². The summed E-state index contributed by atoms with van der Waals surface area (Å²) in [6.07, 6.45) is 3.52. The topological polar surface area (TPSA) is 48.1 Å². The van der Waals surface area contributed by atoms with Crippen LogP contribution in [-0.4, -0.2) is 24.7 Å². The van der Waals surface area contributed by atoms with Crippen molar-refractivity contribution < 1.29 is 4.74 Å². The summed E-state index contributed by atoms with van der Waals surface area (Å²) in [5.74, 6) is 0. The van der Waals surface area contributed by atoms with Gasteiger partial charge in [0, 0.05) is 38.1 Å². The van der Waals surface area contributed by atoms with E-state index in [-0.39, 0.29) is 6.04 Å². The van der Waals surface area contributed by atoms with Crippen LogP contribution in [0.25, 0.3) is 0 Å².